The maximum atomic E-state index is 13.2. The summed E-state index contributed by atoms with van der Waals surface area (Å²) in [4.78, 5) is 76.0. The lowest BCUT2D eigenvalue weighted by molar-refractivity contribution is -0.256. The van der Waals surface area contributed by atoms with Crippen molar-refractivity contribution in [2.45, 2.75) is 13.8 Å². The first kappa shape index (κ1) is 22.7. The van der Waals surface area contributed by atoms with Crippen molar-refractivity contribution in [3.63, 3.8) is 0 Å². The second kappa shape index (κ2) is 7.70. The average Bonchev–Trinajstić information content (AvgIpc) is 3.22. The molecule has 10 heteroatoms. The lowest BCUT2D eigenvalue weighted by atomic mass is 10.1. The molecule has 0 saturated heterocycles. The van der Waals surface area contributed by atoms with Gasteiger partial charge >= 0.3 is 0 Å². The van der Waals surface area contributed by atoms with Crippen LogP contribution in [0.3, 0.4) is 0 Å². The zero-order valence-electron chi connectivity index (χ0n) is 18.8. The molecule has 5 aromatic rings. The first-order chi connectivity index (χ1) is 17.0. The number of carbonyl (C=O) groups excluding carboxylic acids is 2. The van der Waals surface area contributed by atoms with Crippen LogP contribution in [0.2, 0.25) is 0 Å². The molecule has 0 aliphatic rings. The minimum Gasteiger partial charge on any atom is -0.545 e. The molecule has 0 bridgehead atoms. The van der Waals surface area contributed by atoms with E-state index in [1.165, 1.54) is 36.4 Å². The van der Waals surface area contributed by atoms with Crippen molar-refractivity contribution in [1.29, 1.82) is 0 Å². The van der Waals surface area contributed by atoms with Crippen LogP contribution in [0.1, 0.15) is 31.8 Å². The number of hydrogen-bond donors (Lipinski definition) is 0. The molecule has 0 spiro atoms. The normalized spacial score (nSPS) is 11.4. The molecule has 0 radical (unpaired) electrons. The number of hydrogen-bond acceptors (Lipinski definition) is 8. The number of fused-ring (bicyclic) bond motifs is 2. The number of rotatable bonds is 4. The average molecular weight is 482 g/mol. The maximum Gasteiger partial charge on any atom is 0.266 e. The van der Waals surface area contributed by atoms with Gasteiger partial charge in [0, 0.05) is 11.1 Å². The first-order valence-corrected chi connectivity index (χ1v) is 10.6. The molecular formula is C26H14N2O8-2. The molecule has 5 rings (SSSR count). The summed E-state index contributed by atoms with van der Waals surface area (Å²) in [5.41, 5.74) is -3.54. The van der Waals surface area contributed by atoms with Gasteiger partial charge in [0.1, 0.15) is 0 Å². The van der Waals surface area contributed by atoms with Gasteiger partial charge in [0.15, 0.2) is 0 Å². The molecule has 36 heavy (non-hydrogen) atoms. The highest BCUT2D eigenvalue weighted by Crippen LogP contribution is 2.20. The number of aromatic nitrogens is 2. The Morgan fingerprint density at radius 2 is 0.861 bits per heavy atom. The second-order valence-electron chi connectivity index (χ2n) is 8.45. The predicted molar refractivity (Wildman–Crippen MR) is 126 cm³/mol. The Hall–Kier alpha value is -5.12. The smallest absolute Gasteiger partial charge is 0.266 e. The van der Waals surface area contributed by atoms with E-state index in [4.69, 9.17) is 0 Å². The van der Waals surface area contributed by atoms with Gasteiger partial charge in [-0.15, -0.1) is 0 Å². The molecule has 0 saturated carbocycles. The molecule has 0 amide bonds. The molecule has 178 valence electrons. The van der Waals surface area contributed by atoms with Gasteiger partial charge in [-0.1, -0.05) is 23.3 Å². The number of benzene rings is 3. The van der Waals surface area contributed by atoms with Gasteiger partial charge in [-0.25, -0.2) is 9.13 Å². The summed E-state index contributed by atoms with van der Waals surface area (Å²) in [5.74, 6) is -3.17. The Kier molecular flexibility index (Phi) is 4.85. The van der Waals surface area contributed by atoms with Gasteiger partial charge < -0.3 is 19.8 Å². The van der Waals surface area contributed by atoms with Crippen LogP contribution in [-0.4, -0.2) is 21.1 Å². The van der Waals surface area contributed by atoms with E-state index in [1.54, 1.807) is 13.8 Å². The van der Waals surface area contributed by atoms with Gasteiger partial charge in [-0.2, -0.15) is 0 Å². The van der Waals surface area contributed by atoms with E-state index < -0.39 is 34.2 Å². The van der Waals surface area contributed by atoms with Crippen LogP contribution in [0.4, 0.5) is 0 Å². The van der Waals surface area contributed by atoms with Crippen LogP contribution < -0.4 is 32.5 Å². The third-order valence-electron chi connectivity index (χ3n) is 6.12. The molecule has 3 aromatic carbocycles. The molecule has 2 aromatic heterocycles. The van der Waals surface area contributed by atoms with E-state index in [9.17, 15) is 39.0 Å². The Morgan fingerprint density at radius 1 is 0.556 bits per heavy atom. The molecule has 2 heterocycles. The van der Waals surface area contributed by atoms with Crippen LogP contribution in [0.5, 0.6) is 0 Å². The van der Waals surface area contributed by atoms with Crippen molar-refractivity contribution < 1.29 is 19.8 Å². The number of aryl methyl sites for hydroxylation is 2. The summed E-state index contributed by atoms with van der Waals surface area (Å²) < 4.78 is 1.32. The fourth-order valence-corrected chi connectivity index (χ4v) is 4.43. The summed E-state index contributed by atoms with van der Waals surface area (Å²) in [6.07, 6.45) is 0. The molecular weight excluding hydrogens is 468 g/mol. The Morgan fingerprint density at radius 3 is 1.14 bits per heavy atom. The van der Waals surface area contributed by atoms with Gasteiger partial charge in [0.25, 0.3) is 22.2 Å². The monoisotopic (exact) mass is 482 g/mol. The van der Waals surface area contributed by atoms with Crippen molar-refractivity contribution in [3.8, 4) is 11.4 Å². The molecule has 0 unspecified atom stereocenters. The Balaban J connectivity index is 1.85. The third kappa shape index (κ3) is 3.12. The van der Waals surface area contributed by atoms with Crippen LogP contribution in [0.15, 0.2) is 67.7 Å². The van der Waals surface area contributed by atoms with Crippen molar-refractivity contribution in [2.24, 2.45) is 0 Å². The van der Waals surface area contributed by atoms with Crippen molar-refractivity contribution in [1.82, 2.24) is 9.13 Å². The van der Waals surface area contributed by atoms with Crippen LogP contribution in [-0.2, 0) is 0 Å². The van der Waals surface area contributed by atoms with Gasteiger partial charge in [-0.05, 0) is 50.2 Å². The highest BCUT2D eigenvalue weighted by atomic mass is 16.4. The van der Waals surface area contributed by atoms with Crippen molar-refractivity contribution in [3.05, 3.63) is 112 Å². The largest absolute Gasteiger partial charge is 0.545 e. The molecule has 0 atom stereocenters. The zero-order chi connectivity index (χ0) is 26.0. The molecule has 0 aliphatic carbocycles. The zero-order valence-corrected chi connectivity index (χ0v) is 18.8. The minimum absolute atomic E-state index is 0.198. The number of carboxylic acids is 2. The number of aromatic carboxylic acids is 2. The number of carboxylic acid groups (broad SMARTS) is 2. The quantitative estimate of drug-likeness (QED) is 0.323. The van der Waals surface area contributed by atoms with Gasteiger partial charge in [0.05, 0.1) is 44.9 Å². The lowest BCUT2D eigenvalue weighted by Gasteiger charge is -2.11. The van der Waals surface area contributed by atoms with E-state index in [0.29, 0.717) is 20.3 Å². The van der Waals surface area contributed by atoms with Gasteiger partial charge in [0.2, 0.25) is 0 Å². The van der Waals surface area contributed by atoms with Crippen LogP contribution >= 0.6 is 0 Å². The van der Waals surface area contributed by atoms with Gasteiger partial charge in [-0.3, -0.25) is 19.2 Å². The topological polar surface area (TPSA) is 158 Å². The Labute approximate surface area is 200 Å². The Bertz CT molecular complexity index is 1780. The number of carbonyl (C=O) groups is 2. The molecule has 10 nitrogen and oxygen atoms in total. The molecule has 0 N–H and O–H groups in total. The van der Waals surface area contributed by atoms with E-state index in [0.717, 1.165) is 12.1 Å². The third-order valence-corrected chi connectivity index (χ3v) is 6.12. The molecule has 0 aliphatic heterocycles. The van der Waals surface area contributed by atoms with Crippen molar-refractivity contribution >= 4 is 33.5 Å². The summed E-state index contributed by atoms with van der Waals surface area (Å²) in [6.45, 7) is 3.26. The summed E-state index contributed by atoms with van der Waals surface area (Å²) >= 11 is 0. The predicted octanol–water partition coefficient (Wildman–Crippen LogP) is -0.765. The van der Waals surface area contributed by atoms with E-state index in [1.807, 2.05) is 0 Å². The highest BCUT2D eigenvalue weighted by Gasteiger charge is 2.23. The first-order valence-electron chi connectivity index (χ1n) is 10.6. The van der Waals surface area contributed by atoms with E-state index in [2.05, 4.69) is 0 Å². The van der Waals surface area contributed by atoms with E-state index in [-0.39, 0.29) is 44.0 Å². The minimum atomic E-state index is -1.59. The van der Waals surface area contributed by atoms with Crippen LogP contribution in [0.25, 0.3) is 32.9 Å². The SMILES string of the molecule is Cc1ccc(-n2c(=O)c3cc4c(=O)n(-c5ccc(C)cc5C(=O)[O-])c(=O)c4cc3c2=O)c(C(=O)[O-])c1. The maximum absolute atomic E-state index is 13.2. The number of nitrogens with zero attached hydrogens (tertiary/aromatic N) is 2. The molecule has 0 fully saturated rings. The summed E-state index contributed by atoms with van der Waals surface area (Å²) in [5, 5.41) is 22.5. The second-order valence-corrected chi connectivity index (χ2v) is 8.45. The summed E-state index contributed by atoms with van der Waals surface area (Å²) in [6, 6.07) is 10.3. The fraction of sp³-hybridized carbons (Fsp3) is 0.0769. The van der Waals surface area contributed by atoms with E-state index >= 15 is 0 Å². The fourth-order valence-electron chi connectivity index (χ4n) is 4.43. The lowest BCUT2D eigenvalue weighted by Crippen LogP contribution is -2.30. The standard InChI is InChI=1S/C26H16N2O8/c1-11-3-5-19(17(7-11)25(33)34)27-21(29)13-9-15-16(10-14(13)22(27)30)24(32)28(23(15)31)20-6-4-12(2)8-18(20)26(35)36/h3-10H,1-2H3,(H,33,34)(H,35,36)/p-2. The van der Waals surface area contributed by atoms with Crippen LogP contribution in [0, 0.1) is 13.8 Å². The highest BCUT2D eigenvalue weighted by molar-refractivity contribution is 5.99. The van der Waals surface area contributed by atoms with Crippen molar-refractivity contribution in [2.75, 3.05) is 0 Å². The summed E-state index contributed by atoms with van der Waals surface area (Å²) in [7, 11) is 0.